The van der Waals surface area contributed by atoms with Gasteiger partial charge in [0.15, 0.2) is 0 Å². The maximum Gasteiger partial charge on any atom is 0.334 e. The molecule has 7 heteroatoms. The number of carbonyl (C=O) groups excluding carboxylic acids is 1. The molecule has 0 aliphatic heterocycles. The number of rotatable bonds is 5. The zero-order valence-corrected chi connectivity index (χ0v) is 16.1. The van der Waals surface area contributed by atoms with Crippen molar-refractivity contribution < 1.29 is 14.5 Å². The van der Waals surface area contributed by atoms with Gasteiger partial charge in [-0.1, -0.05) is 27.2 Å². The van der Waals surface area contributed by atoms with Crippen molar-refractivity contribution in [2.24, 2.45) is 17.8 Å². The van der Waals surface area contributed by atoms with Crippen molar-refractivity contribution in [1.82, 2.24) is 4.57 Å². The van der Waals surface area contributed by atoms with Crippen LogP contribution in [-0.2, 0) is 9.53 Å². The molecular weight excluding hydrogens is 336 g/mol. The second-order valence-corrected chi connectivity index (χ2v) is 7.77. The molecule has 26 heavy (non-hydrogen) atoms. The Kier molecular flexibility index (Phi) is 6.21. The molecule has 1 aliphatic rings. The van der Waals surface area contributed by atoms with Crippen LogP contribution in [0.1, 0.15) is 58.7 Å². The van der Waals surface area contributed by atoms with Crippen LogP contribution in [0.3, 0.4) is 0 Å². The molecule has 0 N–H and O–H groups in total. The van der Waals surface area contributed by atoms with Crippen molar-refractivity contribution in [3.63, 3.8) is 0 Å². The summed E-state index contributed by atoms with van der Waals surface area (Å²) in [6.07, 6.45) is 2.77. The van der Waals surface area contributed by atoms with Crippen molar-refractivity contribution in [2.75, 3.05) is 0 Å². The topological polar surface area (TPSA) is 91.4 Å². The van der Waals surface area contributed by atoms with E-state index in [1.54, 1.807) is 13.8 Å². The summed E-state index contributed by atoms with van der Waals surface area (Å²) in [6, 6.07) is 1.74. The average Bonchev–Trinajstić information content (AvgIpc) is 2.54. The number of aromatic nitrogens is 1. The molecule has 0 amide bonds. The van der Waals surface area contributed by atoms with Crippen molar-refractivity contribution >= 4 is 11.7 Å². The lowest BCUT2D eigenvalue weighted by atomic mass is 9.75. The van der Waals surface area contributed by atoms with E-state index in [4.69, 9.17) is 4.74 Å². The number of esters is 1. The van der Waals surface area contributed by atoms with Gasteiger partial charge in [0, 0.05) is 11.8 Å². The third kappa shape index (κ3) is 4.14. The molecule has 1 aromatic heterocycles. The van der Waals surface area contributed by atoms with Gasteiger partial charge < -0.3 is 4.74 Å². The van der Waals surface area contributed by atoms with Gasteiger partial charge in [-0.25, -0.2) is 4.79 Å². The fraction of sp³-hybridized carbons (Fsp3) is 0.684. The third-order valence-corrected chi connectivity index (χ3v) is 5.45. The first-order valence-corrected chi connectivity index (χ1v) is 9.20. The van der Waals surface area contributed by atoms with Crippen LogP contribution in [0.5, 0.6) is 0 Å². The van der Waals surface area contributed by atoms with Gasteiger partial charge in [-0.15, -0.1) is 0 Å². The van der Waals surface area contributed by atoms with Crippen LogP contribution in [0.2, 0.25) is 0 Å². The van der Waals surface area contributed by atoms with Crippen LogP contribution < -0.4 is 5.56 Å². The number of nitrogens with zero attached hydrogens (tertiary/aromatic N) is 2. The van der Waals surface area contributed by atoms with Gasteiger partial charge in [0.05, 0.1) is 4.92 Å². The van der Waals surface area contributed by atoms with E-state index in [1.807, 2.05) is 0 Å². The SMILES string of the molecule is Cc1ccc([N+](=O)[O-])c(=O)n1C(C)C(=O)OC1CC(C)CCC1C(C)C. The van der Waals surface area contributed by atoms with Crippen LogP contribution in [-0.4, -0.2) is 21.6 Å². The first-order valence-electron chi connectivity index (χ1n) is 9.20. The van der Waals surface area contributed by atoms with Gasteiger partial charge in [0.25, 0.3) is 0 Å². The van der Waals surface area contributed by atoms with E-state index in [0.29, 0.717) is 23.4 Å². The first kappa shape index (κ1) is 20.1. The van der Waals surface area contributed by atoms with Gasteiger partial charge in [-0.05, 0) is 50.5 Å². The van der Waals surface area contributed by atoms with Gasteiger partial charge >= 0.3 is 17.2 Å². The van der Waals surface area contributed by atoms with E-state index < -0.39 is 28.2 Å². The first-order chi connectivity index (χ1) is 12.1. The summed E-state index contributed by atoms with van der Waals surface area (Å²) < 4.78 is 6.94. The van der Waals surface area contributed by atoms with E-state index in [-0.39, 0.29) is 6.10 Å². The molecule has 1 aliphatic carbocycles. The molecule has 0 radical (unpaired) electrons. The van der Waals surface area contributed by atoms with Crippen LogP contribution in [0.25, 0.3) is 0 Å². The highest BCUT2D eigenvalue weighted by atomic mass is 16.6. The van der Waals surface area contributed by atoms with E-state index in [0.717, 1.165) is 23.8 Å². The molecule has 7 nitrogen and oxygen atoms in total. The Bertz CT molecular complexity index is 740. The number of nitro groups is 1. The number of aryl methyl sites for hydroxylation is 1. The van der Waals surface area contributed by atoms with Crippen LogP contribution in [0.15, 0.2) is 16.9 Å². The summed E-state index contributed by atoms with van der Waals surface area (Å²) in [7, 11) is 0. The molecule has 1 heterocycles. The Balaban J connectivity index is 2.26. The Morgan fingerprint density at radius 3 is 2.54 bits per heavy atom. The summed E-state index contributed by atoms with van der Waals surface area (Å²) in [6.45, 7) is 9.60. The summed E-state index contributed by atoms with van der Waals surface area (Å²) in [5.74, 6) is 0.670. The molecule has 0 saturated heterocycles. The monoisotopic (exact) mass is 364 g/mol. The molecule has 0 aromatic carbocycles. The zero-order valence-electron chi connectivity index (χ0n) is 16.1. The van der Waals surface area contributed by atoms with Gasteiger partial charge in [0.2, 0.25) is 0 Å². The van der Waals surface area contributed by atoms with E-state index in [2.05, 4.69) is 20.8 Å². The molecule has 1 aromatic rings. The Morgan fingerprint density at radius 2 is 1.96 bits per heavy atom. The molecule has 4 atom stereocenters. The molecule has 2 rings (SSSR count). The van der Waals surface area contributed by atoms with Crippen molar-refractivity contribution in [3.05, 3.63) is 38.3 Å². The van der Waals surface area contributed by atoms with Gasteiger partial charge in [-0.3, -0.25) is 19.5 Å². The minimum atomic E-state index is -0.910. The summed E-state index contributed by atoms with van der Waals surface area (Å²) in [5.41, 5.74) is -0.832. The second-order valence-electron chi connectivity index (χ2n) is 7.77. The standard InChI is InChI=1S/C19H28N2O5/c1-11(2)15-8-6-12(3)10-17(15)26-19(23)14(5)20-13(4)7-9-16(18(20)22)21(24)25/h7,9,11-12,14-15,17H,6,8,10H2,1-5H3. The van der Waals surface area contributed by atoms with E-state index >= 15 is 0 Å². The largest absolute Gasteiger partial charge is 0.461 e. The minimum Gasteiger partial charge on any atom is -0.461 e. The molecule has 4 unspecified atom stereocenters. The normalized spacial score (nSPS) is 24.3. The summed E-state index contributed by atoms with van der Waals surface area (Å²) in [4.78, 5) is 35.4. The third-order valence-electron chi connectivity index (χ3n) is 5.45. The lowest BCUT2D eigenvalue weighted by Gasteiger charge is -2.37. The number of carbonyl (C=O) groups is 1. The van der Waals surface area contributed by atoms with E-state index in [1.165, 1.54) is 12.1 Å². The highest BCUT2D eigenvalue weighted by molar-refractivity contribution is 5.74. The lowest BCUT2D eigenvalue weighted by Crippen LogP contribution is -2.39. The maximum absolute atomic E-state index is 12.7. The number of pyridine rings is 1. The minimum absolute atomic E-state index is 0.177. The maximum atomic E-state index is 12.7. The zero-order chi connectivity index (χ0) is 19.6. The summed E-state index contributed by atoms with van der Waals surface area (Å²) in [5, 5.41) is 11.0. The van der Waals surface area contributed by atoms with Crippen molar-refractivity contribution in [2.45, 2.75) is 66.0 Å². The number of hydrogen-bond donors (Lipinski definition) is 0. The molecule has 1 fully saturated rings. The molecule has 1 saturated carbocycles. The predicted molar refractivity (Wildman–Crippen MR) is 98.0 cm³/mol. The number of ether oxygens (including phenoxy) is 1. The highest BCUT2D eigenvalue weighted by Gasteiger charge is 2.35. The Hall–Kier alpha value is -2.18. The molecule has 0 bridgehead atoms. The van der Waals surface area contributed by atoms with Crippen molar-refractivity contribution in [3.8, 4) is 0 Å². The lowest BCUT2D eigenvalue weighted by molar-refractivity contribution is -0.386. The van der Waals surface area contributed by atoms with E-state index in [9.17, 15) is 19.7 Å². The quantitative estimate of drug-likeness (QED) is 0.452. The molecular formula is C19H28N2O5. The van der Waals surface area contributed by atoms with Gasteiger partial charge in [0.1, 0.15) is 12.1 Å². The smallest absolute Gasteiger partial charge is 0.334 e. The Labute approximate surface area is 153 Å². The molecule has 144 valence electrons. The summed E-state index contributed by atoms with van der Waals surface area (Å²) >= 11 is 0. The Morgan fingerprint density at radius 1 is 1.31 bits per heavy atom. The van der Waals surface area contributed by atoms with Crippen LogP contribution >= 0.6 is 0 Å². The fourth-order valence-electron chi connectivity index (χ4n) is 3.86. The van der Waals surface area contributed by atoms with Gasteiger partial charge in [-0.2, -0.15) is 0 Å². The number of hydrogen-bond acceptors (Lipinski definition) is 5. The van der Waals surface area contributed by atoms with Crippen LogP contribution in [0.4, 0.5) is 5.69 Å². The predicted octanol–water partition coefficient (Wildman–Crippen LogP) is 3.63. The van der Waals surface area contributed by atoms with Crippen molar-refractivity contribution in [1.29, 1.82) is 0 Å². The highest BCUT2D eigenvalue weighted by Crippen LogP contribution is 2.35. The average molecular weight is 364 g/mol. The fourth-order valence-corrected chi connectivity index (χ4v) is 3.86. The molecule has 0 spiro atoms. The second kappa shape index (κ2) is 8.01. The van der Waals surface area contributed by atoms with Crippen LogP contribution in [0, 0.1) is 34.8 Å².